The predicted molar refractivity (Wildman–Crippen MR) is 203 cm³/mol. The largest absolute Gasteiger partial charge is 0.490 e. The molecule has 2 fully saturated rings. The number of rotatable bonds is 7. The van der Waals surface area contributed by atoms with Gasteiger partial charge in [-0.2, -0.15) is 0 Å². The van der Waals surface area contributed by atoms with Crippen molar-refractivity contribution in [3.8, 4) is 5.75 Å². The van der Waals surface area contributed by atoms with Gasteiger partial charge in [-0.3, -0.25) is 9.69 Å². The van der Waals surface area contributed by atoms with Gasteiger partial charge >= 0.3 is 0 Å². The number of fused-ring (bicyclic) bond motifs is 4. The average molecular weight is 756 g/mol. The number of anilines is 1. The number of hydrogen-bond donors (Lipinski definition) is 1. The number of carbonyl (C=O) groups is 1. The second-order valence-corrected chi connectivity index (χ2v) is 17.9. The van der Waals surface area contributed by atoms with Gasteiger partial charge in [0.05, 0.1) is 43.5 Å². The van der Waals surface area contributed by atoms with Gasteiger partial charge in [0.2, 0.25) is 10.0 Å². The summed E-state index contributed by atoms with van der Waals surface area (Å²) in [4.78, 5) is 18.6. The van der Waals surface area contributed by atoms with Crippen LogP contribution in [0.15, 0.2) is 48.6 Å². The molecule has 7 rings (SSSR count). The fraction of sp³-hybridized carbons (Fsp3) is 0.625. The van der Waals surface area contributed by atoms with Gasteiger partial charge in [0.1, 0.15) is 5.75 Å². The standard InChI is InChI=1S/C40H54ClN3O7S/c1-28-5-3-7-36(50-22-18-43-16-20-49-21-17-43)33-11-8-31(33)25-44-26-40(15-4-6-29-23-32(41)10-12-34(29)40)27-51-37-13-9-30(24-35(37)44)39(45)42-52(46,47)38(28)14-19-48-2/h3,7,9-10,12-13,23-24,28,31,33,36,38H,4-6,8,11,14-22,25-27H2,1-2H3,(H,42,45)/b7-3+. The van der Waals surface area contributed by atoms with E-state index in [2.05, 4.69) is 38.8 Å². The maximum atomic E-state index is 13.9. The van der Waals surface area contributed by atoms with E-state index in [1.54, 1.807) is 13.2 Å². The fourth-order valence-corrected chi connectivity index (χ4v) is 10.9. The normalized spacial score (nSPS) is 31.3. The number of halogens is 1. The lowest BCUT2D eigenvalue weighted by Crippen LogP contribution is -2.50. The fourth-order valence-electron chi connectivity index (χ4n) is 9.08. The van der Waals surface area contributed by atoms with E-state index in [1.165, 1.54) is 11.1 Å². The highest BCUT2D eigenvalue weighted by Crippen LogP contribution is 2.47. The minimum atomic E-state index is -4.04. The lowest BCUT2D eigenvalue weighted by molar-refractivity contribution is -0.0315. The highest BCUT2D eigenvalue weighted by atomic mass is 35.5. The second kappa shape index (κ2) is 16.4. The lowest BCUT2D eigenvalue weighted by Gasteiger charge is -2.46. The number of morpholine rings is 1. The minimum absolute atomic E-state index is 0.0887. The maximum Gasteiger partial charge on any atom is 0.264 e. The monoisotopic (exact) mass is 755 g/mol. The molecule has 1 N–H and O–H groups in total. The van der Waals surface area contributed by atoms with Gasteiger partial charge in [-0.1, -0.05) is 36.7 Å². The van der Waals surface area contributed by atoms with Crippen LogP contribution >= 0.6 is 11.6 Å². The third-order valence-electron chi connectivity index (χ3n) is 12.2. The molecule has 0 aromatic heterocycles. The summed E-state index contributed by atoms with van der Waals surface area (Å²) >= 11 is 6.48. The van der Waals surface area contributed by atoms with Gasteiger partial charge in [0.25, 0.3) is 5.91 Å². The van der Waals surface area contributed by atoms with E-state index in [1.807, 2.05) is 25.1 Å². The van der Waals surface area contributed by atoms with E-state index in [0.717, 1.165) is 88.8 Å². The summed E-state index contributed by atoms with van der Waals surface area (Å²) in [5.74, 6) is 0.499. The number of nitrogens with one attached hydrogen (secondary N) is 1. The number of aryl methyl sites for hydroxylation is 1. The maximum absolute atomic E-state index is 13.9. The molecule has 1 amide bonds. The van der Waals surface area contributed by atoms with Crippen molar-refractivity contribution in [2.45, 2.75) is 68.6 Å². The van der Waals surface area contributed by atoms with Crippen molar-refractivity contribution in [1.29, 1.82) is 0 Å². The Balaban J connectivity index is 1.24. The molecule has 3 aliphatic heterocycles. The van der Waals surface area contributed by atoms with Crippen molar-refractivity contribution in [2.75, 3.05) is 77.8 Å². The second-order valence-electron chi connectivity index (χ2n) is 15.5. The van der Waals surface area contributed by atoms with Gasteiger partial charge in [-0.25, -0.2) is 13.1 Å². The van der Waals surface area contributed by atoms with E-state index in [-0.39, 0.29) is 30.5 Å². The van der Waals surface area contributed by atoms with Crippen molar-refractivity contribution >= 4 is 33.2 Å². The van der Waals surface area contributed by atoms with Crippen molar-refractivity contribution < 1.29 is 32.2 Å². The summed E-state index contributed by atoms with van der Waals surface area (Å²) in [6.07, 6.45) is 10.1. The molecule has 5 aliphatic rings. The van der Waals surface area contributed by atoms with E-state index in [0.29, 0.717) is 42.8 Å². The highest BCUT2D eigenvalue weighted by Gasteiger charge is 2.45. The zero-order valence-corrected chi connectivity index (χ0v) is 32.1. The quantitative estimate of drug-likeness (QED) is 0.361. The number of methoxy groups -OCH3 is 1. The van der Waals surface area contributed by atoms with E-state index in [4.69, 9.17) is 30.5 Å². The SMILES string of the molecule is COCCC1C(C)C/C=C/C(OCCN2CCOCC2)C2CCC2CN2CC3(CCCc4cc(Cl)ccc43)COc3ccc(cc32)C(=O)NS1(=O)=O. The molecule has 6 atom stereocenters. The number of carbonyl (C=O) groups excluding carboxylic acids is 1. The first-order chi connectivity index (χ1) is 25.2. The number of ether oxygens (including phenoxy) is 4. The Hall–Kier alpha value is -2.67. The van der Waals surface area contributed by atoms with Crippen LogP contribution in [0.3, 0.4) is 0 Å². The highest BCUT2D eigenvalue weighted by molar-refractivity contribution is 7.90. The molecular weight excluding hydrogens is 702 g/mol. The number of hydrogen-bond acceptors (Lipinski definition) is 9. The predicted octanol–water partition coefficient (Wildman–Crippen LogP) is 5.62. The zero-order valence-electron chi connectivity index (χ0n) is 30.6. The summed E-state index contributed by atoms with van der Waals surface area (Å²) in [5, 5.41) is -0.0698. The first-order valence-electron chi connectivity index (χ1n) is 19.1. The van der Waals surface area contributed by atoms with Crippen molar-refractivity contribution in [3.63, 3.8) is 0 Å². The average Bonchev–Trinajstić information content (AvgIpc) is 3.26. The van der Waals surface area contributed by atoms with Gasteiger partial charge < -0.3 is 23.8 Å². The Morgan fingerprint density at radius 1 is 1.10 bits per heavy atom. The molecule has 2 aliphatic carbocycles. The molecule has 1 saturated carbocycles. The molecule has 1 spiro atoms. The van der Waals surface area contributed by atoms with E-state index < -0.39 is 21.2 Å². The Morgan fingerprint density at radius 3 is 2.73 bits per heavy atom. The van der Waals surface area contributed by atoms with Crippen LogP contribution in [0.25, 0.3) is 0 Å². The summed E-state index contributed by atoms with van der Waals surface area (Å²) in [6, 6.07) is 11.6. The van der Waals surface area contributed by atoms with Crippen LogP contribution in [0, 0.1) is 17.8 Å². The molecule has 0 radical (unpaired) electrons. The van der Waals surface area contributed by atoms with Crippen LogP contribution < -0.4 is 14.4 Å². The van der Waals surface area contributed by atoms with Crippen molar-refractivity contribution in [3.05, 3.63) is 70.3 Å². The van der Waals surface area contributed by atoms with Crippen LogP contribution in [0.1, 0.15) is 66.9 Å². The van der Waals surface area contributed by atoms with Crippen LogP contribution in [0.4, 0.5) is 5.69 Å². The van der Waals surface area contributed by atoms with Crippen LogP contribution in [-0.4, -0.2) is 103 Å². The number of sulfonamides is 1. The molecular formula is C40H54ClN3O7S. The summed E-state index contributed by atoms with van der Waals surface area (Å²) in [6.45, 7) is 9.01. The lowest BCUT2D eigenvalue weighted by atomic mass is 9.68. The topological polar surface area (TPSA) is 107 Å². The molecule has 2 bridgehead atoms. The smallest absolute Gasteiger partial charge is 0.264 e. The Labute approximate surface area is 314 Å². The summed E-state index contributed by atoms with van der Waals surface area (Å²) in [5.41, 5.74) is 3.40. The van der Waals surface area contributed by atoms with Crippen LogP contribution in [0.2, 0.25) is 5.02 Å². The Morgan fingerprint density at radius 2 is 1.94 bits per heavy atom. The molecule has 2 aromatic rings. The third kappa shape index (κ3) is 8.20. The minimum Gasteiger partial charge on any atom is -0.490 e. The van der Waals surface area contributed by atoms with Crippen molar-refractivity contribution in [2.24, 2.45) is 17.8 Å². The first-order valence-corrected chi connectivity index (χ1v) is 21.0. The number of allylic oxidation sites excluding steroid dienone is 1. The van der Waals surface area contributed by atoms with Crippen LogP contribution in [-0.2, 0) is 36.1 Å². The molecule has 52 heavy (non-hydrogen) atoms. The van der Waals surface area contributed by atoms with Crippen LogP contribution in [0.5, 0.6) is 5.75 Å². The van der Waals surface area contributed by atoms with E-state index >= 15 is 0 Å². The summed E-state index contributed by atoms with van der Waals surface area (Å²) in [7, 11) is -2.47. The Bertz CT molecular complexity index is 1720. The number of nitrogens with zero attached hydrogens (tertiary/aromatic N) is 2. The third-order valence-corrected chi connectivity index (χ3v) is 14.4. The number of amides is 1. The summed E-state index contributed by atoms with van der Waals surface area (Å²) < 4.78 is 54.5. The van der Waals surface area contributed by atoms with Gasteiger partial charge in [-0.15, -0.1) is 0 Å². The Kier molecular flexibility index (Phi) is 11.8. The van der Waals surface area contributed by atoms with Gasteiger partial charge in [0, 0.05) is 62.4 Å². The first kappa shape index (κ1) is 37.6. The molecule has 1 saturated heterocycles. The molecule has 12 heteroatoms. The molecule has 6 unspecified atom stereocenters. The molecule has 10 nitrogen and oxygen atoms in total. The van der Waals surface area contributed by atoms with Crippen molar-refractivity contribution in [1.82, 2.24) is 9.62 Å². The van der Waals surface area contributed by atoms with Gasteiger partial charge in [-0.05, 0) is 104 Å². The van der Waals surface area contributed by atoms with E-state index in [9.17, 15) is 13.2 Å². The molecule has 3 heterocycles. The van der Waals surface area contributed by atoms with Gasteiger partial charge in [0.15, 0.2) is 0 Å². The molecule has 2 aromatic carbocycles. The molecule has 284 valence electrons. The zero-order chi connectivity index (χ0) is 36.3. The number of benzene rings is 2.